The third-order valence-corrected chi connectivity index (χ3v) is 6.46. The number of oxazole rings is 1. The summed E-state index contributed by atoms with van der Waals surface area (Å²) in [7, 11) is -1.22. The number of esters is 1. The largest absolute Gasteiger partial charge is 0.457 e. The van der Waals surface area contributed by atoms with E-state index in [9.17, 15) is 14.4 Å². The molecule has 0 fully saturated rings. The number of ketones is 1. The lowest BCUT2D eigenvalue weighted by Crippen LogP contribution is -2.23. The number of hydrogen-bond donors (Lipinski definition) is 0. The van der Waals surface area contributed by atoms with Crippen LogP contribution in [0.4, 0.5) is 0 Å². The molecule has 0 aliphatic carbocycles. The zero-order chi connectivity index (χ0) is 22.4. The molecular formula is C23H27NO6Si. The van der Waals surface area contributed by atoms with Gasteiger partial charge in [-0.2, -0.15) is 0 Å². The Morgan fingerprint density at radius 2 is 1.81 bits per heavy atom. The zero-order valence-corrected chi connectivity index (χ0v) is 19.1. The summed E-state index contributed by atoms with van der Waals surface area (Å²) in [6, 6.07) is 14.7. The Balaban J connectivity index is 1.61. The van der Waals surface area contributed by atoms with Crippen LogP contribution in [0, 0.1) is 0 Å². The van der Waals surface area contributed by atoms with Gasteiger partial charge in [-0.25, -0.2) is 9.36 Å². The van der Waals surface area contributed by atoms with Gasteiger partial charge in [0.25, 0.3) is 0 Å². The van der Waals surface area contributed by atoms with Gasteiger partial charge in [0.2, 0.25) is 0 Å². The van der Waals surface area contributed by atoms with E-state index in [1.807, 2.05) is 6.07 Å². The van der Waals surface area contributed by atoms with E-state index >= 15 is 0 Å². The number of ether oxygens (including phenoxy) is 2. The standard InChI is InChI=1S/C23H27NO6Si/c1-31(2,3)12-11-28-16-24-19-13-17(9-10-21(19)30-23(24)27)14-22(26)29-15-20(25)18-7-5-4-6-8-18/h4-10,13H,11-12,14-16H2,1-3H3. The minimum atomic E-state index is -1.22. The van der Waals surface area contributed by atoms with E-state index in [0.717, 1.165) is 6.04 Å². The maximum atomic E-state index is 12.2. The topological polar surface area (TPSA) is 87.7 Å². The lowest BCUT2D eigenvalue weighted by Gasteiger charge is -2.15. The quantitative estimate of drug-likeness (QED) is 0.205. The highest BCUT2D eigenvalue weighted by molar-refractivity contribution is 6.76. The van der Waals surface area contributed by atoms with E-state index in [0.29, 0.717) is 28.8 Å². The summed E-state index contributed by atoms with van der Waals surface area (Å²) < 4.78 is 17.5. The average molecular weight is 442 g/mol. The van der Waals surface area contributed by atoms with Crippen LogP contribution in [0.15, 0.2) is 57.7 Å². The van der Waals surface area contributed by atoms with Crippen molar-refractivity contribution >= 4 is 30.9 Å². The summed E-state index contributed by atoms with van der Waals surface area (Å²) in [5.41, 5.74) is 2.13. The highest BCUT2D eigenvalue weighted by atomic mass is 28.3. The molecule has 3 rings (SSSR count). The predicted molar refractivity (Wildman–Crippen MR) is 120 cm³/mol. The van der Waals surface area contributed by atoms with Crippen molar-refractivity contribution in [2.45, 2.75) is 38.8 Å². The summed E-state index contributed by atoms with van der Waals surface area (Å²) in [6.45, 7) is 7.14. The Kier molecular flexibility index (Phi) is 7.24. The first-order chi connectivity index (χ1) is 14.7. The van der Waals surface area contributed by atoms with Crippen molar-refractivity contribution in [1.82, 2.24) is 4.57 Å². The molecule has 0 atom stereocenters. The number of fused-ring (bicyclic) bond motifs is 1. The molecule has 0 unspecified atom stereocenters. The number of carbonyl (C=O) groups is 2. The van der Waals surface area contributed by atoms with E-state index in [1.165, 1.54) is 4.57 Å². The van der Waals surface area contributed by atoms with E-state index < -0.39 is 19.8 Å². The van der Waals surface area contributed by atoms with Gasteiger partial charge in [0.05, 0.1) is 11.9 Å². The van der Waals surface area contributed by atoms with Crippen LogP contribution in [-0.4, -0.2) is 37.6 Å². The molecule has 31 heavy (non-hydrogen) atoms. The molecular weight excluding hydrogens is 414 g/mol. The monoisotopic (exact) mass is 441 g/mol. The van der Waals surface area contributed by atoms with Crippen molar-refractivity contribution in [2.24, 2.45) is 0 Å². The molecule has 0 amide bonds. The molecule has 7 nitrogen and oxygen atoms in total. The normalized spacial score (nSPS) is 11.6. The first kappa shape index (κ1) is 22.7. The second-order valence-electron chi connectivity index (χ2n) is 8.57. The summed E-state index contributed by atoms with van der Waals surface area (Å²) in [6.07, 6.45) is -0.0200. The fraction of sp³-hybridized carbons (Fsp3) is 0.348. The van der Waals surface area contributed by atoms with E-state index in [2.05, 4.69) is 19.6 Å². The molecule has 0 bridgehead atoms. The minimum absolute atomic E-state index is 0.0200. The smallest absolute Gasteiger partial charge is 0.421 e. The number of aromatic nitrogens is 1. The van der Waals surface area contributed by atoms with Crippen LogP contribution < -0.4 is 5.76 Å². The molecule has 0 saturated heterocycles. The third kappa shape index (κ3) is 6.50. The lowest BCUT2D eigenvalue weighted by molar-refractivity contribution is -0.141. The van der Waals surface area contributed by atoms with Crippen LogP contribution in [0.5, 0.6) is 0 Å². The molecule has 1 heterocycles. The van der Waals surface area contributed by atoms with Crippen LogP contribution in [0.2, 0.25) is 25.7 Å². The van der Waals surface area contributed by atoms with Gasteiger partial charge >= 0.3 is 11.7 Å². The summed E-state index contributed by atoms with van der Waals surface area (Å²) in [5.74, 6) is -1.29. The molecule has 0 aliphatic rings. The Morgan fingerprint density at radius 1 is 1.06 bits per heavy atom. The average Bonchev–Trinajstić information content (AvgIpc) is 3.04. The van der Waals surface area contributed by atoms with Crippen LogP contribution in [-0.2, 0) is 27.4 Å². The maximum Gasteiger partial charge on any atom is 0.421 e. The van der Waals surface area contributed by atoms with Crippen molar-refractivity contribution in [3.63, 3.8) is 0 Å². The van der Waals surface area contributed by atoms with Crippen molar-refractivity contribution in [2.75, 3.05) is 13.2 Å². The molecule has 8 heteroatoms. The number of nitrogens with zero attached hydrogens (tertiary/aromatic N) is 1. The number of hydrogen-bond acceptors (Lipinski definition) is 6. The minimum Gasteiger partial charge on any atom is -0.457 e. The second-order valence-corrected chi connectivity index (χ2v) is 14.2. The Morgan fingerprint density at radius 3 is 2.52 bits per heavy atom. The molecule has 0 saturated carbocycles. The fourth-order valence-electron chi connectivity index (χ4n) is 2.95. The molecule has 0 aliphatic heterocycles. The van der Waals surface area contributed by atoms with Gasteiger partial charge in [-0.15, -0.1) is 0 Å². The van der Waals surface area contributed by atoms with Crippen LogP contribution in [0.25, 0.3) is 11.1 Å². The number of rotatable bonds is 10. The molecule has 0 radical (unpaired) electrons. The SMILES string of the molecule is C[Si](C)(C)CCOCn1c(=O)oc2ccc(CC(=O)OCC(=O)c3ccccc3)cc21. The first-order valence-electron chi connectivity index (χ1n) is 10.2. The van der Waals surface area contributed by atoms with Crippen LogP contribution in [0.1, 0.15) is 15.9 Å². The second kappa shape index (κ2) is 9.89. The predicted octanol–water partition coefficient (Wildman–Crippen LogP) is 3.88. The van der Waals surface area contributed by atoms with Crippen molar-refractivity contribution < 1.29 is 23.5 Å². The van der Waals surface area contributed by atoms with Gasteiger partial charge < -0.3 is 13.9 Å². The highest BCUT2D eigenvalue weighted by Gasteiger charge is 2.15. The Hall–Kier alpha value is -2.97. The zero-order valence-electron chi connectivity index (χ0n) is 18.1. The maximum absolute atomic E-state index is 12.2. The fourth-order valence-corrected chi connectivity index (χ4v) is 3.70. The van der Waals surface area contributed by atoms with Gasteiger partial charge in [-0.3, -0.25) is 9.59 Å². The van der Waals surface area contributed by atoms with Crippen molar-refractivity contribution in [1.29, 1.82) is 0 Å². The molecule has 1 aromatic heterocycles. The summed E-state index contributed by atoms with van der Waals surface area (Å²) in [4.78, 5) is 36.4. The summed E-state index contributed by atoms with van der Waals surface area (Å²) in [5, 5.41) is 0. The molecule has 164 valence electrons. The van der Waals surface area contributed by atoms with Gasteiger partial charge in [-0.1, -0.05) is 56.0 Å². The first-order valence-corrected chi connectivity index (χ1v) is 13.9. The number of Topliss-reactive ketones (excluding diaryl/α,β-unsaturated/α-hetero) is 1. The van der Waals surface area contributed by atoms with Crippen molar-refractivity contribution in [3.05, 3.63) is 70.2 Å². The highest BCUT2D eigenvalue weighted by Crippen LogP contribution is 2.17. The Bertz CT molecular complexity index is 1110. The molecule has 3 aromatic rings. The molecule has 0 spiro atoms. The summed E-state index contributed by atoms with van der Waals surface area (Å²) >= 11 is 0. The lowest BCUT2D eigenvalue weighted by atomic mass is 10.1. The van der Waals surface area contributed by atoms with E-state index in [4.69, 9.17) is 13.9 Å². The van der Waals surface area contributed by atoms with E-state index in [-0.39, 0.29) is 25.5 Å². The van der Waals surface area contributed by atoms with Gasteiger partial charge in [-0.05, 0) is 23.7 Å². The third-order valence-electron chi connectivity index (χ3n) is 4.76. The molecule has 2 aromatic carbocycles. The van der Waals surface area contributed by atoms with E-state index in [1.54, 1.807) is 42.5 Å². The number of carbonyl (C=O) groups excluding carboxylic acids is 2. The van der Waals surface area contributed by atoms with Crippen molar-refractivity contribution in [3.8, 4) is 0 Å². The molecule has 0 N–H and O–H groups in total. The van der Waals surface area contributed by atoms with Gasteiger partial charge in [0, 0.05) is 20.2 Å². The van der Waals surface area contributed by atoms with Crippen LogP contribution >= 0.6 is 0 Å². The Labute approximate surface area is 181 Å². The van der Waals surface area contributed by atoms with Gasteiger partial charge in [0.15, 0.2) is 18.0 Å². The van der Waals surface area contributed by atoms with Crippen LogP contribution in [0.3, 0.4) is 0 Å². The van der Waals surface area contributed by atoms with Gasteiger partial charge in [0.1, 0.15) is 6.73 Å². The number of benzene rings is 2.